The largest absolute Gasteiger partial charge is 0.342 e. The molecule has 0 bridgehead atoms. The van der Waals surface area contributed by atoms with Crippen LogP contribution in [0.4, 0.5) is 0 Å². The van der Waals surface area contributed by atoms with Crippen molar-refractivity contribution in [3.05, 3.63) is 0 Å². The smallest absolute Gasteiger partial charge is 0.230 e. The van der Waals surface area contributed by atoms with Crippen molar-refractivity contribution in [2.75, 3.05) is 19.6 Å². The zero-order valence-corrected chi connectivity index (χ0v) is 10.4. The molecule has 1 heterocycles. The molecule has 0 aromatic heterocycles. The molecule has 1 aliphatic carbocycles. The standard InChI is InChI=1S/C13H24N2O/c1-11-5-8-15(9-11)12(16)13(10-14)6-3-2-4-7-13/h11H,2-10,14H2,1H3. The molecule has 1 saturated heterocycles. The molecule has 0 aromatic carbocycles. The van der Waals surface area contributed by atoms with E-state index < -0.39 is 0 Å². The Kier molecular flexibility index (Phi) is 3.53. The van der Waals surface area contributed by atoms with E-state index >= 15 is 0 Å². The third-order valence-corrected chi connectivity index (χ3v) is 4.37. The lowest BCUT2D eigenvalue weighted by molar-refractivity contribution is -0.142. The highest BCUT2D eigenvalue weighted by molar-refractivity contribution is 5.83. The van der Waals surface area contributed by atoms with Crippen molar-refractivity contribution in [2.24, 2.45) is 17.1 Å². The molecule has 1 saturated carbocycles. The van der Waals surface area contributed by atoms with Crippen LogP contribution in [0.15, 0.2) is 0 Å². The fourth-order valence-electron chi connectivity index (χ4n) is 3.19. The Labute approximate surface area is 98.4 Å². The van der Waals surface area contributed by atoms with Gasteiger partial charge in [-0.25, -0.2) is 0 Å². The Balaban J connectivity index is 2.05. The van der Waals surface area contributed by atoms with Crippen LogP contribution in [0.25, 0.3) is 0 Å². The number of hydrogen-bond donors (Lipinski definition) is 1. The highest BCUT2D eigenvalue weighted by Crippen LogP contribution is 2.38. The number of amides is 1. The molecule has 92 valence electrons. The monoisotopic (exact) mass is 224 g/mol. The highest BCUT2D eigenvalue weighted by Gasteiger charge is 2.42. The molecule has 2 rings (SSSR count). The quantitative estimate of drug-likeness (QED) is 0.777. The second-order valence-electron chi connectivity index (χ2n) is 5.69. The maximum atomic E-state index is 12.5. The van der Waals surface area contributed by atoms with Crippen LogP contribution >= 0.6 is 0 Å². The second-order valence-corrected chi connectivity index (χ2v) is 5.69. The maximum absolute atomic E-state index is 12.5. The number of carbonyl (C=O) groups excluding carboxylic acids is 1. The summed E-state index contributed by atoms with van der Waals surface area (Å²) in [5, 5.41) is 0. The van der Waals surface area contributed by atoms with Crippen LogP contribution in [-0.2, 0) is 4.79 Å². The molecule has 0 radical (unpaired) electrons. The van der Waals surface area contributed by atoms with Crippen LogP contribution in [0.1, 0.15) is 45.4 Å². The Morgan fingerprint density at radius 1 is 1.38 bits per heavy atom. The third kappa shape index (κ3) is 2.10. The molecule has 0 spiro atoms. The van der Waals surface area contributed by atoms with Gasteiger partial charge < -0.3 is 10.6 Å². The average molecular weight is 224 g/mol. The molecule has 1 unspecified atom stereocenters. The van der Waals surface area contributed by atoms with Crippen molar-refractivity contribution in [3.63, 3.8) is 0 Å². The number of rotatable bonds is 2. The minimum absolute atomic E-state index is 0.206. The van der Waals surface area contributed by atoms with Crippen LogP contribution in [0.3, 0.4) is 0 Å². The zero-order chi connectivity index (χ0) is 11.6. The molecule has 3 nitrogen and oxygen atoms in total. The lowest BCUT2D eigenvalue weighted by Crippen LogP contribution is -2.48. The summed E-state index contributed by atoms with van der Waals surface area (Å²) in [6.07, 6.45) is 6.79. The van der Waals surface area contributed by atoms with Crippen LogP contribution in [-0.4, -0.2) is 30.4 Å². The van der Waals surface area contributed by atoms with E-state index in [-0.39, 0.29) is 5.41 Å². The van der Waals surface area contributed by atoms with Crippen molar-refractivity contribution in [1.82, 2.24) is 4.90 Å². The van der Waals surface area contributed by atoms with Gasteiger partial charge in [0.2, 0.25) is 5.91 Å². The van der Waals surface area contributed by atoms with Crippen molar-refractivity contribution in [2.45, 2.75) is 45.4 Å². The van der Waals surface area contributed by atoms with Gasteiger partial charge in [-0.3, -0.25) is 4.79 Å². The Bertz CT molecular complexity index is 259. The Hall–Kier alpha value is -0.570. The summed E-state index contributed by atoms with van der Waals surface area (Å²) in [5.41, 5.74) is 5.69. The number of carbonyl (C=O) groups is 1. The van der Waals surface area contributed by atoms with E-state index in [1.54, 1.807) is 0 Å². The molecule has 0 aromatic rings. The maximum Gasteiger partial charge on any atom is 0.230 e. The summed E-state index contributed by atoms with van der Waals surface area (Å²) < 4.78 is 0. The summed E-state index contributed by atoms with van der Waals surface area (Å²) in [5.74, 6) is 1.02. The van der Waals surface area contributed by atoms with Crippen molar-refractivity contribution < 1.29 is 4.79 Å². The molecular formula is C13H24N2O. The molecule has 1 aliphatic heterocycles. The van der Waals surface area contributed by atoms with Gasteiger partial charge in [0, 0.05) is 19.6 Å². The summed E-state index contributed by atoms with van der Waals surface area (Å²) in [4.78, 5) is 14.6. The summed E-state index contributed by atoms with van der Waals surface area (Å²) in [6, 6.07) is 0. The number of hydrogen-bond acceptors (Lipinski definition) is 2. The van der Waals surface area contributed by atoms with Gasteiger partial charge in [-0.15, -0.1) is 0 Å². The van der Waals surface area contributed by atoms with E-state index in [0.717, 1.165) is 32.4 Å². The fourth-order valence-corrected chi connectivity index (χ4v) is 3.19. The first kappa shape index (κ1) is 11.9. The van der Waals surface area contributed by atoms with Crippen molar-refractivity contribution >= 4 is 5.91 Å². The summed E-state index contributed by atoms with van der Waals surface area (Å²) in [7, 11) is 0. The molecule has 2 N–H and O–H groups in total. The second kappa shape index (κ2) is 4.74. The normalized spacial score (nSPS) is 29.4. The van der Waals surface area contributed by atoms with Crippen LogP contribution in [0.2, 0.25) is 0 Å². The van der Waals surface area contributed by atoms with E-state index in [2.05, 4.69) is 11.8 Å². The third-order valence-electron chi connectivity index (χ3n) is 4.37. The van der Waals surface area contributed by atoms with Gasteiger partial charge in [0.05, 0.1) is 5.41 Å². The lowest BCUT2D eigenvalue weighted by Gasteiger charge is -2.37. The molecule has 1 amide bonds. The Morgan fingerprint density at radius 3 is 2.56 bits per heavy atom. The molecule has 3 heteroatoms. The summed E-state index contributed by atoms with van der Waals surface area (Å²) in [6.45, 7) is 4.66. The number of nitrogens with zero attached hydrogens (tertiary/aromatic N) is 1. The first-order chi connectivity index (χ1) is 7.68. The zero-order valence-electron chi connectivity index (χ0n) is 10.4. The van der Waals surface area contributed by atoms with Gasteiger partial charge in [-0.1, -0.05) is 26.2 Å². The molecule has 2 aliphatic rings. The minimum Gasteiger partial charge on any atom is -0.342 e. The van der Waals surface area contributed by atoms with Gasteiger partial charge in [0.1, 0.15) is 0 Å². The van der Waals surface area contributed by atoms with Gasteiger partial charge in [-0.2, -0.15) is 0 Å². The number of likely N-dealkylation sites (tertiary alicyclic amines) is 1. The van der Waals surface area contributed by atoms with Crippen LogP contribution in [0, 0.1) is 11.3 Å². The first-order valence-electron chi connectivity index (χ1n) is 6.67. The van der Waals surface area contributed by atoms with Gasteiger partial charge in [-0.05, 0) is 25.2 Å². The van der Waals surface area contributed by atoms with E-state index in [1.165, 1.54) is 19.3 Å². The van der Waals surface area contributed by atoms with E-state index in [4.69, 9.17) is 5.73 Å². The topological polar surface area (TPSA) is 46.3 Å². The van der Waals surface area contributed by atoms with Gasteiger partial charge in [0.25, 0.3) is 0 Å². The van der Waals surface area contributed by atoms with Crippen LogP contribution in [0.5, 0.6) is 0 Å². The average Bonchev–Trinajstić information content (AvgIpc) is 2.76. The predicted octanol–water partition coefficient (Wildman–Crippen LogP) is 1.76. The van der Waals surface area contributed by atoms with E-state index in [9.17, 15) is 4.79 Å². The van der Waals surface area contributed by atoms with Gasteiger partial charge >= 0.3 is 0 Å². The van der Waals surface area contributed by atoms with Crippen molar-refractivity contribution in [3.8, 4) is 0 Å². The molecular weight excluding hydrogens is 200 g/mol. The SMILES string of the molecule is CC1CCN(C(=O)C2(CN)CCCCC2)C1. The first-order valence-corrected chi connectivity index (χ1v) is 6.67. The molecule has 1 atom stereocenters. The van der Waals surface area contributed by atoms with Gasteiger partial charge in [0.15, 0.2) is 0 Å². The lowest BCUT2D eigenvalue weighted by atomic mass is 9.73. The Morgan fingerprint density at radius 2 is 2.06 bits per heavy atom. The number of nitrogens with two attached hydrogens (primary N) is 1. The van der Waals surface area contributed by atoms with E-state index in [1.807, 2.05) is 0 Å². The fraction of sp³-hybridized carbons (Fsp3) is 0.923. The predicted molar refractivity (Wildman–Crippen MR) is 64.9 cm³/mol. The minimum atomic E-state index is -0.206. The van der Waals surface area contributed by atoms with Crippen molar-refractivity contribution in [1.29, 1.82) is 0 Å². The van der Waals surface area contributed by atoms with E-state index in [0.29, 0.717) is 18.4 Å². The molecule has 2 fully saturated rings. The molecule has 16 heavy (non-hydrogen) atoms. The summed E-state index contributed by atoms with van der Waals surface area (Å²) >= 11 is 0. The highest BCUT2D eigenvalue weighted by atomic mass is 16.2. The van der Waals surface area contributed by atoms with Crippen LogP contribution < -0.4 is 5.73 Å².